The Morgan fingerprint density at radius 1 is 1.40 bits per heavy atom. The van der Waals surface area contributed by atoms with Crippen LogP contribution in [0.25, 0.3) is 0 Å². The molecular formula is C13H16FN3O3. The molecule has 2 atom stereocenters. The number of nitrogens with two attached hydrogens (primary N) is 1. The van der Waals surface area contributed by atoms with Gasteiger partial charge in [-0.3, -0.25) is 14.9 Å². The highest BCUT2D eigenvalue weighted by Crippen LogP contribution is 2.21. The van der Waals surface area contributed by atoms with Gasteiger partial charge in [-0.1, -0.05) is 12.8 Å². The Labute approximate surface area is 115 Å². The van der Waals surface area contributed by atoms with E-state index in [4.69, 9.17) is 5.73 Å². The van der Waals surface area contributed by atoms with Crippen LogP contribution in [0.3, 0.4) is 0 Å². The molecule has 0 aromatic heterocycles. The van der Waals surface area contributed by atoms with Crippen molar-refractivity contribution in [2.24, 2.45) is 5.73 Å². The molecule has 2 rings (SSSR count). The highest BCUT2D eigenvalue weighted by molar-refractivity contribution is 5.98. The lowest BCUT2D eigenvalue weighted by molar-refractivity contribution is -0.385. The second-order valence-electron chi connectivity index (χ2n) is 4.95. The Kier molecular flexibility index (Phi) is 4.29. The topological polar surface area (TPSA) is 98.3 Å². The van der Waals surface area contributed by atoms with Gasteiger partial charge in [0.2, 0.25) is 0 Å². The number of hydrogen-bond acceptors (Lipinski definition) is 4. The molecule has 1 aromatic rings. The highest BCUT2D eigenvalue weighted by Gasteiger charge is 2.27. The van der Waals surface area contributed by atoms with Crippen molar-refractivity contribution in [2.45, 2.75) is 37.8 Å². The number of rotatable bonds is 3. The van der Waals surface area contributed by atoms with Gasteiger partial charge in [0.25, 0.3) is 11.6 Å². The van der Waals surface area contributed by atoms with Crippen LogP contribution in [-0.4, -0.2) is 22.9 Å². The zero-order valence-electron chi connectivity index (χ0n) is 10.8. The molecule has 0 heterocycles. The molecule has 6 nitrogen and oxygen atoms in total. The number of halogens is 1. The number of carbonyl (C=O) groups is 1. The third-order valence-electron chi connectivity index (χ3n) is 3.54. The second-order valence-corrected chi connectivity index (χ2v) is 4.95. The molecule has 1 aliphatic rings. The maximum atomic E-state index is 13.0. The lowest BCUT2D eigenvalue weighted by Gasteiger charge is -2.29. The number of carbonyl (C=O) groups excluding carboxylic acids is 1. The van der Waals surface area contributed by atoms with Crippen LogP contribution in [0.1, 0.15) is 36.0 Å². The van der Waals surface area contributed by atoms with Crippen LogP contribution in [0.2, 0.25) is 0 Å². The van der Waals surface area contributed by atoms with Crippen molar-refractivity contribution in [3.8, 4) is 0 Å². The number of nitrogens with zero attached hydrogens (tertiary/aromatic N) is 1. The lowest BCUT2D eigenvalue weighted by atomic mass is 9.91. The van der Waals surface area contributed by atoms with Crippen molar-refractivity contribution in [3.63, 3.8) is 0 Å². The highest BCUT2D eigenvalue weighted by atomic mass is 19.1. The summed E-state index contributed by atoms with van der Waals surface area (Å²) in [4.78, 5) is 22.2. The number of nitro benzene ring substituents is 1. The Morgan fingerprint density at radius 2 is 2.10 bits per heavy atom. The standard InChI is InChI=1S/C13H16FN3O3/c14-8-5-6-9(12(7-8)17(19)20)13(18)16-11-4-2-1-3-10(11)15/h5-7,10-11H,1-4,15H2,(H,16,18). The molecule has 3 N–H and O–H groups in total. The van der Waals surface area contributed by atoms with Crippen LogP contribution < -0.4 is 11.1 Å². The van der Waals surface area contributed by atoms with Gasteiger partial charge in [0.1, 0.15) is 11.4 Å². The van der Waals surface area contributed by atoms with Crippen molar-refractivity contribution < 1.29 is 14.1 Å². The molecular weight excluding hydrogens is 265 g/mol. The van der Waals surface area contributed by atoms with E-state index >= 15 is 0 Å². The fraction of sp³-hybridized carbons (Fsp3) is 0.462. The Hall–Kier alpha value is -2.02. The molecule has 7 heteroatoms. The summed E-state index contributed by atoms with van der Waals surface area (Å²) in [5, 5.41) is 13.6. The van der Waals surface area contributed by atoms with E-state index in [-0.39, 0.29) is 17.6 Å². The zero-order chi connectivity index (χ0) is 14.7. The molecule has 0 radical (unpaired) electrons. The van der Waals surface area contributed by atoms with E-state index in [0.29, 0.717) is 0 Å². The van der Waals surface area contributed by atoms with Crippen LogP contribution in [0.15, 0.2) is 18.2 Å². The van der Waals surface area contributed by atoms with E-state index in [0.717, 1.165) is 43.9 Å². The average Bonchev–Trinajstić information content (AvgIpc) is 2.41. The first-order valence-electron chi connectivity index (χ1n) is 6.49. The van der Waals surface area contributed by atoms with Crippen LogP contribution in [0, 0.1) is 15.9 Å². The first kappa shape index (κ1) is 14.4. The number of nitro groups is 1. The van der Waals surface area contributed by atoms with Crippen molar-refractivity contribution >= 4 is 11.6 Å². The largest absolute Gasteiger partial charge is 0.348 e. The van der Waals surface area contributed by atoms with E-state index in [1.165, 1.54) is 0 Å². The Balaban J connectivity index is 2.18. The van der Waals surface area contributed by atoms with Gasteiger partial charge in [-0.15, -0.1) is 0 Å². The predicted octanol–water partition coefficient (Wildman–Crippen LogP) is 1.73. The number of nitrogens with one attached hydrogen (secondary N) is 1. The fourth-order valence-electron chi connectivity index (χ4n) is 2.43. The molecule has 1 fully saturated rings. The van der Waals surface area contributed by atoms with E-state index in [1.54, 1.807) is 0 Å². The van der Waals surface area contributed by atoms with Gasteiger partial charge in [-0.2, -0.15) is 0 Å². The van der Waals surface area contributed by atoms with Gasteiger partial charge in [0.15, 0.2) is 0 Å². The summed E-state index contributed by atoms with van der Waals surface area (Å²) in [7, 11) is 0. The monoisotopic (exact) mass is 281 g/mol. The molecule has 0 aliphatic heterocycles. The first-order valence-corrected chi connectivity index (χ1v) is 6.49. The average molecular weight is 281 g/mol. The van der Waals surface area contributed by atoms with Crippen molar-refractivity contribution in [2.75, 3.05) is 0 Å². The molecule has 0 saturated heterocycles. The van der Waals surface area contributed by atoms with Crippen molar-refractivity contribution in [1.29, 1.82) is 0 Å². The van der Waals surface area contributed by atoms with Gasteiger partial charge < -0.3 is 11.1 Å². The van der Waals surface area contributed by atoms with E-state index in [2.05, 4.69) is 5.32 Å². The second kappa shape index (κ2) is 5.96. The maximum Gasteiger partial charge on any atom is 0.285 e. The molecule has 108 valence electrons. The quantitative estimate of drug-likeness (QED) is 0.651. The van der Waals surface area contributed by atoms with Gasteiger partial charge in [0, 0.05) is 12.1 Å². The van der Waals surface area contributed by atoms with Gasteiger partial charge in [-0.25, -0.2) is 4.39 Å². The van der Waals surface area contributed by atoms with Crippen LogP contribution >= 0.6 is 0 Å². The summed E-state index contributed by atoms with van der Waals surface area (Å²) in [6, 6.07) is 2.56. The summed E-state index contributed by atoms with van der Waals surface area (Å²) in [6.45, 7) is 0. The van der Waals surface area contributed by atoms with Gasteiger partial charge in [-0.05, 0) is 25.0 Å². The SMILES string of the molecule is NC1CCCCC1NC(=O)c1ccc(F)cc1[N+](=O)[O-]. The summed E-state index contributed by atoms with van der Waals surface area (Å²) in [5.74, 6) is -1.33. The summed E-state index contributed by atoms with van der Waals surface area (Å²) < 4.78 is 13.0. The minimum atomic E-state index is -0.765. The van der Waals surface area contributed by atoms with Gasteiger partial charge in [0.05, 0.1) is 11.0 Å². The Morgan fingerprint density at radius 3 is 2.75 bits per heavy atom. The summed E-state index contributed by atoms with van der Waals surface area (Å²) in [6.07, 6.45) is 3.55. The maximum absolute atomic E-state index is 13.0. The van der Waals surface area contributed by atoms with E-state index in [1.807, 2.05) is 0 Å². The van der Waals surface area contributed by atoms with E-state index < -0.39 is 22.3 Å². The van der Waals surface area contributed by atoms with Gasteiger partial charge >= 0.3 is 0 Å². The molecule has 1 aromatic carbocycles. The summed E-state index contributed by atoms with van der Waals surface area (Å²) in [5.41, 5.74) is 5.24. The third-order valence-corrected chi connectivity index (χ3v) is 3.54. The molecule has 2 unspecified atom stereocenters. The molecule has 1 saturated carbocycles. The normalized spacial score (nSPS) is 22.3. The number of hydrogen-bond donors (Lipinski definition) is 2. The van der Waals surface area contributed by atoms with E-state index in [9.17, 15) is 19.3 Å². The van der Waals surface area contributed by atoms with Crippen molar-refractivity contribution in [1.82, 2.24) is 5.32 Å². The van der Waals surface area contributed by atoms with Crippen molar-refractivity contribution in [3.05, 3.63) is 39.7 Å². The van der Waals surface area contributed by atoms with Crippen LogP contribution in [-0.2, 0) is 0 Å². The molecule has 0 bridgehead atoms. The number of amides is 1. The molecule has 20 heavy (non-hydrogen) atoms. The van der Waals surface area contributed by atoms with Crippen LogP contribution in [0.4, 0.5) is 10.1 Å². The lowest BCUT2D eigenvalue weighted by Crippen LogP contribution is -2.49. The minimum absolute atomic E-state index is 0.144. The zero-order valence-corrected chi connectivity index (χ0v) is 10.8. The molecule has 0 spiro atoms. The first-order chi connectivity index (χ1) is 9.49. The minimum Gasteiger partial charge on any atom is -0.348 e. The van der Waals surface area contributed by atoms with Crippen LogP contribution in [0.5, 0.6) is 0 Å². The smallest absolute Gasteiger partial charge is 0.285 e. The summed E-state index contributed by atoms with van der Waals surface area (Å²) >= 11 is 0. The molecule has 1 aliphatic carbocycles. The number of benzene rings is 1. The molecule has 1 amide bonds. The Bertz CT molecular complexity index is 536. The third kappa shape index (κ3) is 3.11. The predicted molar refractivity (Wildman–Crippen MR) is 70.8 cm³/mol. The fourth-order valence-corrected chi connectivity index (χ4v) is 2.43.